The van der Waals surface area contributed by atoms with Gasteiger partial charge in [-0.15, -0.1) is 0 Å². The number of nitrogens with two attached hydrogens (primary N) is 1. The van der Waals surface area contributed by atoms with Crippen molar-refractivity contribution in [3.05, 3.63) is 0 Å². The van der Waals surface area contributed by atoms with Gasteiger partial charge in [-0.25, -0.2) is 0 Å². The van der Waals surface area contributed by atoms with Gasteiger partial charge in [-0.2, -0.15) is 0 Å². The van der Waals surface area contributed by atoms with Crippen molar-refractivity contribution in [2.24, 2.45) is 11.1 Å². The summed E-state index contributed by atoms with van der Waals surface area (Å²) in [5, 5.41) is 0. The summed E-state index contributed by atoms with van der Waals surface area (Å²) in [4.78, 5) is 11.6. The lowest BCUT2D eigenvalue weighted by Crippen LogP contribution is -2.57. The van der Waals surface area contributed by atoms with Crippen LogP contribution in [0.2, 0.25) is 0 Å². The Morgan fingerprint density at radius 1 is 1.47 bits per heavy atom. The summed E-state index contributed by atoms with van der Waals surface area (Å²) in [6.45, 7) is 8.70. The molecule has 1 aliphatic heterocycles. The first-order chi connectivity index (χ1) is 7.62. The van der Waals surface area contributed by atoms with Gasteiger partial charge in [0, 0.05) is 17.6 Å². The predicted octanol–water partition coefficient (Wildman–Crippen LogP) is 1.86. The number of carbonyl (C=O) groups excluding carboxylic acids is 1. The third-order valence-electron chi connectivity index (χ3n) is 3.91. The van der Waals surface area contributed by atoms with Gasteiger partial charge in [-0.05, 0) is 40.5 Å². The van der Waals surface area contributed by atoms with Crippen molar-refractivity contribution in [3.8, 4) is 0 Å². The minimum absolute atomic E-state index is 0.193. The summed E-state index contributed by atoms with van der Waals surface area (Å²) in [5.74, 6) is -0.193. The second-order valence-corrected chi connectivity index (χ2v) is 6.29. The average molecular weight is 243 g/mol. The highest BCUT2D eigenvalue weighted by Crippen LogP contribution is 2.47. The summed E-state index contributed by atoms with van der Waals surface area (Å²) in [7, 11) is 1.42. The molecule has 0 bridgehead atoms. The van der Waals surface area contributed by atoms with E-state index in [2.05, 4.69) is 0 Å². The molecule has 2 N–H and O–H groups in total. The highest BCUT2D eigenvalue weighted by Gasteiger charge is 2.50. The molecule has 17 heavy (non-hydrogen) atoms. The number of rotatable bonds is 3. The summed E-state index contributed by atoms with van der Waals surface area (Å²) < 4.78 is 10.5. The third kappa shape index (κ3) is 3.19. The highest BCUT2D eigenvalue weighted by atomic mass is 16.5. The molecule has 1 saturated heterocycles. The molecule has 1 rings (SSSR count). The monoisotopic (exact) mass is 243 g/mol. The van der Waals surface area contributed by atoms with E-state index in [-0.39, 0.29) is 17.0 Å². The van der Waals surface area contributed by atoms with Gasteiger partial charge in [-0.3, -0.25) is 4.79 Å². The summed E-state index contributed by atoms with van der Waals surface area (Å²) in [6.07, 6.45) is 1.94. The Kier molecular flexibility index (Phi) is 3.89. The molecule has 0 aromatic carbocycles. The van der Waals surface area contributed by atoms with Crippen molar-refractivity contribution in [2.45, 2.75) is 58.1 Å². The van der Waals surface area contributed by atoms with Crippen LogP contribution in [0.15, 0.2) is 0 Å². The van der Waals surface area contributed by atoms with Crippen LogP contribution in [-0.4, -0.2) is 30.8 Å². The summed E-state index contributed by atoms with van der Waals surface area (Å²) >= 11 is 0. The van der Waals surface area contributed by atoms with Gasteiger partial charge in [-0.1, -0.05) is 0 Å². The lowest BCUT2D eigenvalue weighted by Gasteiger charge is -2.51. The molecule has 1 aliphatic rings. The van der Waals surface area contributed by atoms with Crippen molar-refractivity contribution in [1.82, 2.24) is 0 Å². The van der Waals surface area contributed by atoms with E-state index >= 15 is 0 Å². The zero-order valence-electron chi connectivity index (χ0n) is 11.6. The second kappa shape index (κ2) is 4.58. The minimum atomic E-state index is -0.428. The van der Waals surface area contributed by atoms with Crippen molar-refractivity contribution in [2.75, 3.05) is 13.7 Å². The molecule has 4 heteroatoms. The Labute approximate surface area is 104 Å². The molecule has 4 nitrogen and oxygen atoms in total. The van der Waals surface area contributed by atoms with Crippen LogP contribution < -0.4 is 5.73 Å². The van der Waals surface area contributed by atoms with Gasteiger partial charge < -0.3 is 15.2 Å². The van der Waals surface area contributed by atoms with Crippen molar-refractivity contribution >= 4 is 5.97 Å². The average Bonchev–Trinajstić information content (AvgIpc) is 2.14. The Balaban J connectivity index is 2.98. The largest absolute Gasteiger partial charge is 0.469 e. The molecule has 0 spiro atoms. The van der Waals surface area contributed by atoms with E-state index in [1.165, 1.54) is 7.11 Å². The molecule has 1 heterocycles. The Morgan fingerprint density at radius 3 is 2.47 bits per heavy atom. The van der Waals surface area contributed by atoms with Crippen LogP contribution in [0.1, 0.15) is 47.0 Å². The SMILES string of the molecule is COC(=O)CC1(C(C)(C)N)CCOC(C)(C)C1. The van der Waals surface area contributed by atoms with Crippen molar-refractivity contribution in [1.29, 1.82) is 0 Å². The van der Waals surface area contributed by atoms with E-state index < -0.39 is 5.54 Å². The molecule has 1 atom stereocenters. The van der Waals surface area contributed by atoms with Gasteiger partial charge in [0.15, 0.2) is 0 Å². The minimum Gasteiger partial charge on any atom is -0.469 e. The molecule has 0 amide bonds. The Hall–Kier alpha value is -0.610. The molecule has 0 radical (unpaired) electrons. The molecular formula is C13H25NO3. The normalized spacial score (nSPS) is 28.8. The number of hydrogen-bond donors (Lipinski definition) is 1. The fraction of sp³-hybridized carbons (Fsp3) is 0.923. The van der Waals surface area contributed by atoms with E-state index in [0.29, 0.717) is 13.0 Å². The van der Waals surface area contributed by atoms with Crippen LogP contribution in [0.25, 0.3) is 0 Å². The van der Waals surface area contributed by atoms with E-state index in [4.69, 9.17) is 15.2 Å². The number of ether oxygens (including phenoxy) is 2. The van der Waals surface area contributed by atoms with Crippen LogP contribution >= 0.6 is 0 Å². The zero-order chi connectivity index (χ0) is 13.3. The van der Waals surface area contributed by atoms with Crippen LogP contribution in [-0.2, 0) is 14.3 Å². The molecule has 1 fully saturated rings. The molecule has 0 aliphatic carbocycles. The van der Waals surface area contributed by atoms with Gasteiger partial charge in [0.2, 0.25) is 0 Å². The molecule has 0 aromatic heterocycles. The molecular weight excluding hydrogens is 218 g/mol. The fourth-order valence-corrected chi connectivity index (χ4v) is 2.75. The number of carbonyl (C=O) groups is 1. The number of hydrogen-bond acceptors (Lipinski definition) is 4. The van der Waals surface area contributed by atoms with Crippen LogP contribution in [0.4, 0.5) is 0 Å². The molecule has 0 saturated carbocycles. The smallest absolute Gasteiger partial charge is 0.306 e. The number of esters is 1. The van der Waals surface area contributed by atoms with Gasteiger partial charge in [0.25, 0.3) is 0 Å². The highest BCUT2D eigenvalue weighted by molar-refractivity contribution is 5.70. The first-order valence-corrected chi connectivity index (χ1v) is 6.12. The van der Waals surface area contributed by atoms with Gasteiger partial charge >= 0.3 is 5.97 Å². The van der Waals surface area contributed by atoms with E-state index in [0.717, 1.165) is 12.8 Å². The zero-order valence-corrected chi connectivity index (χ0v) is 11.6. The van der Waals surface area contributed by atoms with E-state index in [1.54, 1.807) is 0 Å². The van der Waals surface area contributed by atoms with Crippen LogP contribution in [0.3, 0.4) is 0 Å². The first-order valence-electron chi connectivity index (χ1n) is 6.12. The lowest BCUT2D eigenvalue weighted by molar-refractivity contribution is -0.156. The summed E-state index contributed by atoms with van der Waals surface area (Å²) in [6, 6.07) is 0. The van der Waals surface area contributed by atoms with Gasteiger partial charge in [0.05, 0.1) is 19.1 Å². The summed E-state index contributed by atoms with van der Waals surface area (Å²) in [5.41, 5.74) is 5.40. The predicted molar refractivity (Wildman–Crippen MR) is 66.6 cm³/mol. The second-order valence-electron chi connectivity index (χ2n) is 6.29. The molecule has 100 valence electrons. The molecule has 1 unspecified atom stereocenters. The van der Waals surface area contributed by atoms with Crippen molar-refractivity contribution < 1.29 is 14.3 Å². The first kappa shape index (κ1) is 14.5. The molecule has 0 aromatic rings. The Morgan fingerprint density at radius 2 is 2.06 bits per heavy atom. The van der Waals surface area contributed by atoms with Gasteiger partial charge in [0.1, 0.15) is 0 Å². The topological polar surface area (TPSA) is 61.5 Å². The maximum atomic E-state index is 11.6. The third-order valence-corrected chi connectivity index (χ3v) is 3.91. The van der Waals surface area contributed by atoms with Crippen LogP contribution in [0.5, 0.6) is 0 Å². The fourth-order valence-electron chi connectivity index (χ4n) is 2.75. The maximum Gasteiger partial charge on any atom is 0.306 e. The van der Waals surface area contributed by atoms with E-state index in [9.17, 15) is 4.79 Å². The lowest BCUT2D eigenvalue weighted by atomic mass is 9.61. The maximum absolute atomic E-state index is 11.6. The van der Waals surface area contributed by atoms with Crippen molar-refractivity contribution in [3.63, 3.8) is 0 Å². The van der Waals surface area contributed by atoms with E-state index in [1.807, 2.05) is 27.7 Å². The quantitative estimate of drug-likeness (QED) is 0.769. The standard InChI is InChI=1S/C13H25NO3/c1-11(2)9-13(6-7-17-11,12(3,4)14)8-10(15)16-5/h6-9,14H2,1-5H3. The van der Waals surface area contributed by atoms with Crippen LogP contribution in [0, 0.1) is 5.41 Å². The Bertz CT molecular complexity index is 294. The number of methoxy groups -OCH3 is 1.